The Morgan fingerprint density at radius 3 is 2.54 bits per heavy atom. The van der Waals surface area contributed by atoms with Gasteiger partial charge in [0.25, 0.3) is 5.91 Å². The number of halogens is 1. The highest BCUT2D eigenvalue weighted by Gasteiger charge is 2.74. The number of carbonyl (C=O) groups is 3. The van der Waals surface area contributed by atoms with Crippen LogP contribution < -0.4 is 4.90 Å². The van der Waals surface area contributed by atoms with Gasteiger partial charge in [-0.15, -0.1) is 0 Å². The van der Waals surface area contributed by atoms with Gasteiger partial charge in [-0.25, -0.2) is 0 Å². The predicted molar refractivity (Wildman–Crippen MR) is 129 cm³/mol. The fourth-order valence-corrected chi connectivity index (χ4v) is 6.14. The molecule has 4 heterocycles. The molecule has 5 atom stereocenters. The average Bonchev–Trinajstić information content (AvgIpc) is 3.08. The van der Waals surface area contributed by atoms with Gasteiger partial charge in [-0.3, -0.25) is 14.4 Å². The van der Waals surface area contributed by atoms with Crippen molar-refractivity contribution < 1.29 is 29.0 Å². The Kier molecular flexibility index (Phi) is 6.23. The van der Waals surface area contributed by atoms with Crippen LogP contribution in [0.25, 0.3) is 0 Å². The van der Waals surface area contributed by atoms with Crippen LogP contribution in [0.1, 0.15) is 26.2 Å². The van der Waals surface area contributed by atoms with E-state index in [0.29, 0.717) is 43.1 Å². The van der Waals surface area contributed by atoms with E-state index in [0.717, 1.165) is 0 Å². The number of nitrogens with zero attached hydrogens (tertiary/aromatic N) is 2. The molecule has 0 radical (unpaired) electrons. The van der Waals surface area contributed by atoms with Crippen molar-refractivity contribution in [3.63, 3.8) is 0 Å². The number of ether oxygens (including phenoxy) is 2. The van der Waals surface area contributed by atoms with Crippen molar-refractivity contribution in [3.8, 4) is 0 Å². The first-order valence-corrected chi connectivity index (χ1v) is 12.4. The normalized spacial score (nSPS) is 33.8. The number of unbranched alkanes of at least 4 members (excludes halogenated alkanes) is 2. The number of fused-ring (bicyclic) bond motifs is 2. The molecule has 5 rings (SSSR count). The third-order valence-corrected chi connectivity index (χ3v) is 7.76. The molecule has 9 heteroatoms. The molecule has 1 spiro atoms. The second-order valence-electron chi connectivity index (χ2n) is 9.67. The van der Waals surface area contributed by atoms with Crippen LogP contribution in [0.2, 0.25) is 5.02 Å². The lowest BCUT2D eigenvalue weighted by Gasteiger charge is -2.37. The topological polar surface area (TPSA) is 96.4 Å². The van der Waals surface area contributed by atoms with Crippen molar-refractivity contribution >= 4 is 35.1 Å². The minimum atomic E-state index is -1.30. The molecule has 1 aromatic rings. The van der Waals surface area contributed by atoms with E-state index in [2.05, 4.69) is 0 Å². The molecule has 0 aromatic heterocycles. The molecule has 4 aliphatic rings. The summed E-state index contributed by atoms with van der Waals surface area (Å²) >= 11 is 6.06. The van der Waals surface area contributed by atoms with E-state index in [4.69, 9.17) is 26.2 Å². The van der Waals surface area contributed by atoms with Gasteiger partial charge in [-0.1, -0.05) is 29.8 Å². The Morgan fingerprint density at radius 1 is 1.03 bits per heavy atom. The van der Waals surface area contributed by atoms with Crippen LogP contribution in [0.3, 0.4) is 0 Å². The van der Waals surface area contributed by atoms with Crippen LogP contribution >= 0.6 is 11.6 Å². The molecule has 8 nitrogen and oxygen atoms in total. The average molecular weight is 501 g/mol. The zero-order valence-electron chi connectivity index (χ0n) is 19.6. The fourth-order valence-electron chi connectivity index (χ4n) is 6.02. The summed E-state index contributed by atoms with van der Waals surface area (Å²) in [6, 6.07) is 6.04. The van der Waals surface area contributed by atoms with Crippen LogP contribution in [0.15, 0.2) is 48.6 Å². The maximum absolute atomic E-state index is 14.2. The summed E-state index contributed by atoms with van der Waals surface area (Å²) < 4.78 is 12.0. The van der Waals surface area contributed by atoms with Gasteiger partial charge in [0.15, 0.2) is 0 Å². The predicted octanol–water partition coefficient (Wildman–Crippen LogP) is 2.49. The Labute approximate surface area is 209 Å². The largest absolute Gasteiger partial charge is 0.461 e. The summed E-state index contributed by atoms with van der Waals surface area (Å²) in [7, 11) is 0. The molecule has 35 heavy (non-hydrogen) atoms. The van der Waals surface area contributed by atoms with Crippen LogP contribution in [-0.2, 0) is 23.9 Å². The Balaban J connectivity index is 1.59. The second-order valence-corrected chi connectivity index (χ2v) is 10.1. The quantitative estimate of drug-likeness (QED) is 0.366. The highest BCUT2D eigenvalue weighted by Crippen LogP contribution is 2.57. The van der Waals surface area contributed by atoms with Crippen molar-refractivity contribution in [1.82, 2.24) is 4.90 Å². The molecule has 186 valence electrons. The summed E-state index contributed by atoms with van der Waals surface area (Å²) in [4.78, 5) is 44.4. The van der Waals surface area contributed by atoms with Crippen molar-refractivity contribution in [3.05, 3.63) is 53.6 Å². The van der Waals surface area contributed by atoms with Gasteiger partial charge < -0.3 is 24.4 Å². The van der Waals surface area contributed by atoms with Gasteiger partial charge in [0.1, 0.15) is 24.2 Å². The zero-order chi connectivity index (χ0) is 24.8. The Hall–Kier alpha value is -2.68. The molecular formula is C26H29ClN2O6. The highest BCUT2D eigenvalue weighted by atomic mass is 35.5. The number of hydrogen-bond acceptors (Lipinski definition) is 6. The molecule has 0 aliphatic carbocycles. The molecule has 2 fully saturated rings. The van der Waals surface area contributed by atoms with E-state index in [9.17, 15) is 14.4 Å². The third kappa shape index (κ3) is 3.79. The summed E-state index contributed by atoms with van der Waals surface area (Å²) in [5.74, 6) is -2.79. The number of amides is 2. The number of hydrogen-bond donors (Lipinski definition) is 1. The molecule has 1 N–H and O–H groups in total. The number of likely N-dealkylation sites (tertiary alicyclic amines) is 1. The highest BCUT2D eigenvalue weighted by molar-refractivity contribution is 6.30. The molecule has 1 aromatic carbocycles. The first kappa shape index (κ1) is 24.0. The summed E-state index contributed by atoms with van der Waals surface area (Å²) in [6.07, 6.45) is 9.10. The zero-order valence-corrected chi connectivity index (χ0v) is 20.3. The van der Waals surface area contributed by atoms with Crippen molar-refractivity contribution in [2.75, 3.05) is 31.2 Å². The van der Waals surface area contributed by atoms with Crippen molar-refractivity contribution in [2.24, 2.45) is 11.8 Å². The van der Waals surface area contributed by atoms with Gasteiger partial charge in [-0.05, 0) is 56.5 Å². The number of cyclic esters (lactones) is 1. The van der Waals surface area contributed by atoms with E-state index in [1.165, 1.54) is 0 Å². The Bertz CT molecular complexity index is 1090. The number of carbonyl (C=O) groups excluding carboxylic acids is 3. The van der Waals surface area contributed by atoms with Gasteiger partial charge >= 0.3 is 5.97 Å². The monoisotopic (exact) mass is 500 g/mol. The molecule has 0 bridgehead atoms. The number of benzene rings is 1. The lowest BCUT2D eigenvalue weighted by molar-refractivity contribution is -0.156. The Morgan fingerprint density at radius 2 is 1.80 bits per heavy atom. The first-order valence-electron chi connectivity index (χ1n) is 12.0. The molecule has 4 aliphatic heterocycles. The lowest BCUT2D eigenvalue weighted by Crippen LogP contribution is -2.56. The number of esters is 1. The maximum Gasteiger partial charge on any atom is 0.313 e. The summed E-state index contributed by atoms with van der Waals surface area (Å²) in [6.45, 7) is 2.59. The van der Waals surface area contributed by atoms with Crippen LogP contribution in [0.5, 0.6) is 0 Å². The van der Waals surface area contributed by atoms with E-state index < -0.39 is 35.0 Å². The van der Waals surface area contributed by atoms with Gasteiger partial charge in [0.2, 0.25) is 5.91 Å². The van der Waals surface area contributed by atoms with E-state index in [-0.39, 0.29) is 25.0 Å². The van der Waals surface area contributed by atoms with Crippen LogP contribution in [-0.4, -0.2) is 71.3 Å². The standard InChI is InChI=1S/C26H29ClN2O6/c1-25-11-6-16-34-24(33)20(25)19-22(31)29(13-3-2-4-15-30)21-23(32)28(14-5-12-26(19,21)35-25)18-9-7-17(27)8-10-18/h5-12,19-21,30H,2-4,13-16H2,1H3/t19-,20-,21?,25+,26-/m0/s1. The maximum atomic E-state index is 14.2. The van der Waals surface area contributed by atoms with E-state index >= 15 is 0 Å². The third-order valence-electron chi connectivity index (χ3n) is 7.51. The number of aliphatic hydroxyl groups excluding tert-OH is 1. The van der Waals surface area contributed by atoms with Crippen LogP contribution in [0, 0.1) is 11.8 Å². The number of rotatable bonds is 6. The lowest BCUT2D eigenvalue weighted by atomic mass is 9.75. The minimum absolute atomic E-state index is 0.0671. The smallest absolute Gasteiger partial charge is 0.313 e. The number of anilines is 1. The fraction of sp³-hybridized carbons (Fsp3) is 0.500. The second kappa shape index (κ2) is 9.08. The molecule has 1 unspecified atom stereocenters. The summed E-state index contributed by atoms with van der Waals surface area (Å²) in [5.41, 5.74) is -1.71. The van der Waals surface area contributed by atoms with Crippen molar-refractivity contribution in [2.45, 2.75) is 43.4 Å². The van der Waals surface area contributed by atoms with E-state index in [1.807, 2.05) is 12.2 Å². The first-order chi connectivity index (χ1) is 16.8. The number of aliphatic hydroxyl groups is 1. The molecule has 2 amide bonds. The molecular weight excluding hydrogens is 472 g/mol. The van der Waals surface area contributed by atoms with Crippen molar-refractivity contribution in [1.29, 1.82) is 0 Å². The van der Waals surface area contributed by atoms with Gasteiger partial charge in [0, 0.05) is 30.4 Å². The van der Waals surface area contributed by atoms with Gasteiger partial charge in [0.05, 0.1) is 11.5 Å². The minimum Gasteiger partial charge on any atom is -0.461 e. The van der Waals surface area contributed by atoms with Gasteiger partial charge in [-0.2, -0.15) is 0 Å². The van der Waals surface area contributed by atoms with Crippen LogP contribution in [0.4, 0.5) is 5.69 Å². The summed E-state index contributed by atoms with van der Waals surface area (Å²) in [5, 5.41) is 9.72. The molecule has 0 saturated carbocycles. The SMILES string of the molecule is C[C@@]12C=CCOC(=O)[C@@H]1[C@H]1C(=O)N(CCCCCO)C3C(=O)N(c4ccc(Cl)cc4)CC=C[C@@]31O2. The van der Waals surface area contributed by atoms with E-state index in [1.54, 1.807) is 53.1 Å². The molecule has 2 saturated heterocycles.